The molecule has 0 aliphatic heterocycles. The monoisotopic (exact) mass is 366 g/mol. The highest BCUT2D eigenvalue weighted by Gasteiger charge is 2.16. The third-order valence-electron chi connectivity index (χ3n) is 4.16. The van der Waals surface area contributed by atoms with E-state index in [1.807, 2.05) is 44.2 Å². The Balaban J connectivity index is 2.33. The van der Waals surface area contributed by atoms with Crippen LogP contribution >= 0.6 is 0 Å². The lowest BCUT2D eigenvalue weighted by Crippen LogP contribution is -2.11. The molecule has 0 saturated carbocycles. The molecule has 0 N–H and O–H groups in total. The van der Waals surface area contributed by atoms with E-state index in [9.17, 15) is 4.79 Å². The van der Waals surface area contributed by atoms with Gasteiger partial charge in [0.05, 0.1) is 13.2 Å². The largest absolute Gasteiger partial charge is 0.494 e. The van der Waals surface area contributed by atoms with Crippen LogP contribution in [0.4, 0.5) is 0 Å². The molecule has 3 heteroatoms. The molecule has 0 aliphatic rings. The van der Waals surface area contributed by atoms with E-state index in [0.717, 1.165) is 17.7 Å². The van der Waals surface area contributed by atoms with Gasteiger partial charge in [0.1, 0.15) is 5.75 Å². The van der Waals surface area contributed by atoms with Crippen LogP contribution in [0.1, 0.15) is 62.5 Å². The van der Waals surface area contributed by atoms with Crippen LogP contribution in [0.15, 0.2) is 54.3 Å². The van der Waals surface area contributed by atoms with Gasteiger partial charge in [0.25, 0.3) is 0 Å². The topological polar surface area (TPSA) is 35.5 Å². The fourth-order valence-electron chi connectivity index (χ4n) is 2.64. The molecule has 2 rings (SSSR count). The predicted molar refractivity (Wildman–Crippen MR) is 111 cm³/mol. The summed E-state index contributed by atoms with van der Waals surface area (Å²) in [5.74, 6) is 1.01. The van der Waals surface area contributed by atoms with E-state index >= 15 is 0 Å². The standard InChI is InChI=1S/C24H30O3/c1-6-15-27-22(17-18-9-8-10-20(16-18)24(3,4)5)23(25)19-11-13-21(14-12-19)26-7-2/h8-14,16-17H,6-7,15H2,1-5H3. The lowest BCUT2D eigenvalue weighted by molar-refractivity contribution is 0.0923. The second-order valence-corrected chi connectivity index (χ2v) is 7.52. The lowest BCUT2D eigenvalue weighted by Gasteiger charge is -2.19. The van der Waals surface area contributed by atoms with Crippen LogP contribution < -0.4 is 4.74 Å². The molecule has 0 aliphatic carbocycles. The van der Waals surface area contributed by atoms with Crippen molar-refractivity contribution < 1.29 is 14.3 Å². The number of allylic oxidation sites excluding steroid dienone is 1. The Morgan fingerprint density at radius 3 is 2.33 bits per heavy atom. The van der Waals surface area contributed by atoms with Crippen LogP contribution in [0, 0.1) is 0 Å². The first-order valence-corrected chi connectivity index (χ1v) is 9.57. The van der Waals surface area contributed by atoms with Crippen LogP contribution in [0.5, 0.6) is 5.75 Å². The third-order valence-corrected chi connectivity index (χ3v) is 4.16. The van der Waals surface area contributed by atoms with E-state index in [1.165, 1.54) is 5.56 Å². The molecule has 0 aromatic heterocycles. The maximum Gasteiger partial charge on any atom is 0.227 e. The Morgan fingerprint density at radius 2 is 1.74 bits per heavy atom. The molecule has 3 nitrogen and oxygen atoms in total. The normalized spacial score (nSPS) is 12.0. The summed E-state index contributed by atoms with van der Waals surface area (Å²) < 4.78 is 11.2. The summed E-state index contributed by atoms with van der Waals surface area (Å²) >= 11 is 0. The summed E-state index contributed by atoms with van der Waals surface area (Å²) in [5.41, 5.74) is 2.83. The Kier molecular flexibility index (Phi) is 7.23. The Morgan fingerprint density at radius 1 is 1.04 bits per heavy atom. The van der Waals surface area contributed by atoms with Crippen molar-refractivity contribution in [3.63, 3.8) is 0 Å². The van der Waals surface area contributed by atoms with Gasteiger partial charge >= 0.3 is 0 Å². The van der Waals surface area contributed by atoms with E-state index in [0.29, 0.717) is 24.5 Å². The molecule has 0 fully saturated rings. The number of Topliss-reactive ketones (excluding diaryl/α,β-unsaturated/α-hetero) is 1. The van der Waals surface area contributed by atoms with Gasteiger partial charge in [-0.05, 0) is 60.2 Å². The minimum Gasteiger partial charge on any atom is -0.494 e. The average Bonchev–Trinajstić information content (AvgIpc) is 2.65. The van der Waals surface area contributed by atoms with Gasteiger partial charge in [0, 0.05) is 5.56 Å². The molecular formula is C24H30O3. The van der Waals surface area contributed by atoms with Crippen LogP contribution in [0.3, 0.4) is 0 Å². The summed E-state index contributed by atoms with van der Waals surface area (Å²) in [6, 6.07) is 15.4. The van der Waals surface area contributed by atoms with Crippen molar-refractivity contribution in [2.24, 2.45) is 0 Å². The number of ketones is 1. The van der Waals surface area contributed by atoms with Gasteiger partial charge in [-0.15, -0.1) is 0 Å². The van der Waals surface area contributed by atoms with Crippen molar-refractivity contribution >= 4 is 11.9 Å². The average molecular weight is 367 g/mol. The van der Waals surface area contributed by atoms with Gasteiger partial charge in [-0.2, -0.15) is 0 Å². The molecule has 2 aromatic rings. The number of hydrogen-bond acceptors (Lipinski definition) is 3. The summed E-state index contributed by atoms with van der Waals surface area (Å²) in [4.78, 5) is 13.0. The minimum absolute atomic E-state index is 0.0490. The highest BCUT2D eigenvalue weighted by atomic mass is 16.5. The summed E-state index contributed by atoms with van der Waals surface area (Å²) in [5, 5.41) is 0. The van der Waals surface area contributed by atoms with E-state index in [4.69, 9.17) is 9.47 Å². The third kappa shape index (κ3) is 5.99. The molecule has 0 heterocycles. The number of carbonyl (C=O) groups excluding carboxylic acids is 1. The molecule has 2 aromatic carbocycles. The Hall–Kier alpha value is -2.55. The second kappa shape index (κ2) is 9.40. The first kappa shape index (κ1) is 20.8. The van der Waals surface area contributed by atoms with E-state index in [1.54, 1.807) is 12.1 Å². The number of hydrogen-bond donors (Lipinski definition) is 0. The maximum atomic E-state index is 13.0. The van der Waals surface area contributed by atoms with E-state index < -0.39 is 0 Å². The van der Waals surface area contributed by atoms with Crippen LogP contribution in [0.2, 0.25) is 0 Å². The van der Waals surface area contributed by atoms with Gasteiger partial charge in [-0.1, -0.05) is 52.0 Å². The highest BCUT2D eigenvalue weighted by molar-refractivity contribution is 6.09. The van der Waals surface area contributed by atoms with E-state index in [-0.39, 0.29) is 11.2 Å². The van der Waals surface area contributed by atoms with Crippen molar-refractivity contribution in [1.29, 1.82) is 0 Å². The van der Waals surface area contributed by atoms with Gasteiger partial charge in [-0.3, -0.25) is 4.79 Å². The summed E-state index contributed by atoms with van der Waals surface area (Å²) in [7, 11) is 0. The zero-order valence-corrected chi connectivity index (χ0v) is 17.0. The van der Waals surface area contributed by atoms with Crippen molar-refractivity contribution in [2.75, 3.05) is 13.2 Å². The quantitative estimate of drug-likeness (QED) is 0.325. The van der Waals surface area contributed by atoms with Crippen molar-refractivity contribution in [3.05, 3.63) is 71.0 Å². The summed E-state index contributed by atoms with van der Waals surface area (Å²) in [6.45, 7) is 11.6. The van der Waals surface area contributed by atoms with Gasteiger partial charge in [-0.25, -0.2) is 0 Å². The minimum atomic E-state index is -0.118. The molecular weight excluding hydrogens is 336 g/mol. The zero-order valence-electron chi connectivity index (χ0n) is 17.0. The number of ether oxygens (including phenoxy) is 2. The molecule has 0 spiro atoms. The lowest BCUT2D eigenvalue weighted by atomic mass is 9.86. The molecule has 144 valence electrons. The first-order valence-electron chi connectivity index (χ1n) is 9.57. The molecule has 0 amide bonds. The van der Waals surface area contributed by atoms with Crippen molar-refractivity contribution in [1.82, 2.24) is 0 Å². The molecule has 0 saturated heterocycles. The van der Waals surface area contributed by atoms with Crippen LogP contribution in [-0.4, -0.2) is 19.0 Å². The zero-order chi connectivity index (χ0) is 19.9. The van der Waals surface area contributed by atoms with Gasteiger partial charge in [0.15, 0.2) is 5.76 Å². The fourth-order valence-corrected chi connectivity index (χ4v) is 2.64. The fraction of sp³-hybridized carbons (Fsp3) is 0.375. The first-order chi connectivity index (χ1) is 12.8. The molecule has 0 unspecified atom stereocenters. The van der Waals surface area contributed by atoms with E-state index in [2.05, 4.69) is 32.9 Å². The number of benzene rings is 2. The molecule has 27 heavy (non-hydrogen) atoms. The number of carbonyl (C=O) groups is 1. The maximum absolute atomic E-state index is 13.0. The van der Waals surface area contributed by atoms with Crippen molar-refractivity contribution in [2.45, 2.75) is 46.5 Å². The van der Waals surface area contributed by atoms with Gasteiger partial charge in [0.2, 0.25) is 5.78 Å². The Labute approximate surface area is 163 Å². The predicted octanol–water partition coefficient (Wildman–Crippen LogP) is 6.03. The van der Waals surface area contributed by atoms with Crippen LogP contribution in [-0.2, 0) is 10.2 Å². The molecule has 0 bridgehead atoms. The highest BCUT2D eigenvalue weighted by Crippen LogP contribution is 2.24. The molecule has 0 atom stereocenters. The smallest absolute Gasteiger partial charge is 0.227 e. The van der Waals surface area contributed by atoms with Crippen LogP contribution in [0.25, 0.3) is 6.08 Å². The Bertz CT molecular complexity index is 780. The summed E-state index contributed by atoms with van der Waals surface area (Å²) in [6.07, 6.45) is 2.68. The van der Waals surface area contributed by atoms with Gasteiger partial charge < -0.3 is 9.47 Å². The number of rotatable bonds is 8. The molecule has 0 radical (unpaired) electrons. The second-order valence-electron chi connectivity index (χ2n) is 7.52. The van der Waals surface area contributed by atoms with Crippen molar-refractivity contribution in [3.8, 4) is 5.75 Å². The SMILES string of the molecule is CCCOC(=Cc1cccc(C(C)(C)C)c1)C(=O)c1ccc(OCC)cc1.